The maximum absolute atomic E-state index is 11.4. The number of benzene rings is 3. The highest BCUT2D eigenvalue weighted by atomic mass is 16.5. The molecule has 1 heterocycles. The predicted molar refractivity (Wildman–Crippen MR) is 144 cm³/mol. The van der Waals surface area contributed by atoms with E-state index in [1.165, 1.54) is 42.9 Å². The number of imidazole rings is 1. The third-order valence-corrected chi connectivity index (χ3v) is 7.35. The molecule has 5 nitrogen and oxygen atoms in total. The Morgan fingerprint density at radius 1 is 0.917 bits per heavy atom. The standard InChI is InChI=1S/C31H33N3O2/c35-31(33-36)20-15-26-13-18-29-28(22-26)32-30(19-14-23-7-3-1-4-8-23)34(29)27-16-11-25(12-17-27)21-24-9-5-2-6-10-24/h1-10,13,15,18,20,22,25,27,36H,11-12,14,16-17,19,21H2,(H,33,35). The minimum Gasteiger partial charge on any atom is -0.325 e. The SMILES string of the molecule is O=C(C=Cc1ccc2c(c1)nc(CCc1ccccc1)n2C1CCC(Cc2ccccc2)CC1)NO. The zero-order valence-corrected chi connectivity index (χ0v) is 20.5. The van der Waals surface area contributed by atoms with Gasteiger partial charge in [-0.05, 0) is 79.3 Å². The number of fused-ring (bicyclic) bond motifs is 1. The summed E-state index contributed by atoms with van der Waals surface area (Å²) in [6, 6.07) is 28.1. The van der Waals surface area contributed by atoms with E-state index >= 15 is 0 Å². The number of carbonyl (C=O) groups excluding carboxylic acids is 1. The average molecular weight is 480 g/mol. The third-order valence-electron chi connectivity index (χ3n) is 7.35. The number of rotatable bonds is 8. The fraction of sp³-hybridized carbons (Fsp3) is 0.290. The van der Waals surface area contributed by atoms with Crippen molar-refractivity contribution in [2.75, 3.05) is 0 Å². The Hall–Kier alpha value is -3.70. The van der Waals surface area contributed by atoms with E-state index in [9.17, 15) is 4.79 Å². The van der Waals surface area contributed by atoms with Gasteiger partial charge in [0.05, 0.1) is 11.0 Å². The van der Waals surface area contributed by atoms with Crippen LogP contribution < -0.4 is 5.48 Å². The van der Waals surface area contributed by atoms with Crippen LogP contribution in [0.3, 0.4) is 0 Å². The lowest BCUT2D eigenvalue weighted by atomic mass is 9.82. The largest absolute Gasteiger partial charge is 0.325 e. The molecule has 5 rings (SSSR count). The van der Waals surface area contributed by atoms with Crippen molar-refractivity contribution < 1.29 is 10.0 Å². The Morgan fingerprint density at radius 3 is 2.31 bits per heavy atom. The molecule has 1 amide bonds. The van der Waals surface area contributed by atoms with Crippen LogP contribution in [-0.2, 0) is 24.1 Å². The van der Waals surface area contributed by atoms with Crippen molar-refractivity contribution in [1.82, 2.24) is 15.0 Å². The first-order valence-corrected chi connectivity index (χ1v) is 12.9. The molecule has 36 heavy (non-hydrogen) atoms. The summed E-state index contributed by atoms with van der Waals surface area (Å²) in [6.07, 6.45) is 10.8. The van der Waals surface area contributed by atoms with Crippen molar-refractivity contribution in [3.63, 3.8) is 0 Å². The van der Waals surface area contributed by atoms with Gasteiger partial charge in [-0.15, -0.1) is 0 Å². The van der Waals surface area contributed by atoms with Crippen molar-refractivity contribution in [2.24, 2.45) is 5.92 Å². The fourth-order valence-electron chi connectivity index (χ4n) is 5.52. The van der Waals surface area contributed by atoms with E-state index in [0.717, 1.165) is 47.6 Å². The number of aryl methyl sites for hydroxylation is 2. The van der Waals surface area contributed by atoms with E-state index in [4.69, 9.17) is 10.2 Å². The molecule has 5 heteroatoms. The van der Waals surface area contributed by atoms with Gasteiger partial charge < -0.3 is 4.57 Å². The van der Waals surface area contributed by atoms with Gasteiger partial charge in [0.1, 0.15) is 5.82 Å². The van der Waals surface area contributed by atoms with Gasteiger partial charge in [0.25, 0.3) is 5.91 Å². The molecule has 184 valence electrons. The lowest BCUT2D eigenvalue weighted by Crippen LogP contribution is -2.21. The molecule has 0 atom stereocenters. The van der Waals surface area contributed by atoms with E-state index in [2.05, 4.69) is 71.3 Å². The Kier molecular flexibility index (Phi) is 7.58. The van der Waals surface area contributed by atoms with E-state index in [0.29, 0.717) is 6.04 Å². The van der Waals surface area contributed by atoms with Crippen molar-refractivity contribution in [1.29, 1.82) is 0 Å². The Balaban J connectivity index is 1.38. The van der Waals surface area contributed by atoms with Gasteiger partial charge in [-0.1, -0.05) is 66.7 Å². The topological polar surface area (TPSA) is 67.2 Å². The van der Waals surface area contributed by atoms with Crippen LogP contribution in [0.4, 0.5) is 0 Å². The molecule has 4 aromatic rings. The fourth-order valence-corrected chi connectivity index (χ4v) is 5.52. The second kappa shape index (κ2) is 11.4. The molecule has 1 saturated carbocycles. The summed E-state index contributed by atoms with van der Waals surface area (Å²) < 4.78 is 2.49. The van der Waals surface area contributed by atoms with Crippen molar-refractivity contribution >= 4 is 23.0 Å². The Labute approximate surface area is 212 Å². The van der Waals surface area contributed by atoms with Gasteiger partial charge in [0, 0.05) is 18.5 Å². The molecule has 1 aliphatic rings. The second-order valence-electron chi connectivity index (χ2n) is 9.81. The van der Waals surface area contributed by atoms with Gasteiger partial charge in [0.15, 0.2) is 0 Å². The molecule has 0 aliphatic heterocycles. The summed E-state index contributed by atoms with van der Waals surface area (Å²) in [6.45, 7) is 0. The highest BCUT2D eigenvalue weighted by molar-refractivity contribution is 5.91. The summed E-state index contributed by atoms with van der Waals surface area (Å²) in [5.41, 5.74) is 7.39. The second-order valence-corrected chi connectivity index (χ2v) is 9.81. The molecule has 0 spiro atoms. The molecular formula is C31H33N3O2. The number of amides is 1. The lowest BCUT2D eigenvalue weighted by molar-refractivity contribution is -0.124. The van der Waals surface area contributed by atoms with Crippen molar-refractivity contribution in [3.8, 4) is 0 Å². The minimum atomic E-state index is -0.545. The molecule has 2 N–H and O–H groups in total. The van der Waals surface area contributed by atoms with Gasteiger partial charge >= 0.3 is 0 Å². The zero-order chi connectivity index (χ0) is 24.7. The Bertz CT molecular complexity index is 1320. The highest BCUT2D eigenvalue weighted by Crippen LogP contribution is 2.37. The maximum atomic E-state index is 11.4. The van der Waals surface area contributed by atoms with Crippen LogP contribution in [0, 0.1) is 5.92 Å². The van der Waals surface area contributed by atoms with Crippen LogP contribution >= 0.6 is 0 Å². The van der Waals surface area contributed by atoms with E-state index < -0.39 is 5.91 Å². The first-order valence-electron chi connectivity index (χ1n) is 12.9. The van der Waals surface area contributed by atoms with Crippen LogP contribution in [0.1, 0.15) is 54.2 Å². The van der Waals surface area contributed by atoms with Gasteiger partial charge in [-0.2, -0.15) is 0 Å². The molecule has 3 aromatic carbocycles. The number of nitrogens with zero attached hydrogens (tertiary/aromatic N) is 2. The van der Waals surface area contributed by atoms with Crippen LogP contribution in [-0.4, -0.2) is 20.7 Å². The van der Waals surface area contributed by atoms with E-state index in [-0.39, 0.29) is 0 Å². The van der Waals surface area contributed by atoms with Crippen LogP contribution in [0.2, 0.25) is 0 Å². The summed E-state index contributed by atoms with van der Waals surface area (Å²) in [4.78, 5) is 16.5. The number of carbonyl (C=O) groups is 1. The quantitative estimate of drug-likeness (QED) is 0.177. The molecule has 0 saturated heterocycles. The number of aromatic nitrogens is 2. The minimum absolute atomic E-state index is 0.453. The monoisotopic (exact) mass is 479 g/mol. The van der Waals surface area contributed by atoms with Crippen LogP contribution in [0.5, 0.6) is 0 Å². The molecule has 1 fully saturated rings. The first-order chi connectivity index (χ1) is 17.7. The normalized spacial score (nSPS) is 18.0. The summed E-state index contributed by atoms with van der Waals surface area (Å²) in [5.74, 6) is 1.33. The zero-order valence-electron chi connectivity index (χ0n) is 20.5. The lowest BCUT2D eigenvalue weighted by Gasteiger charge is -2.31. The molecule has 0 bridgehead atoms. The summed E-state index contributed by atoms with van der Waals surface area (Å²) in [5, 5.41) is 8.76. The van der Waals surface area contributed by atoms with E-state index in [1.807, 2.05) is 12.1 Å². The molecule has 1 aliphatic carbocycles. The third kappa shape index (κ3) is 5.74. The first kappa shape index (κ1) is 24.0. The van der Waals surface area contributed by atoms with Gasteiger partial charge in [-0.25, -0.2) is 10.5 Å². The molecular weight excluding hydrogens is 446 g/mol. The van der Waals surface area contributed by atoms with Gasteiger partial charge in [-0.3, -0.25) is 10.0 Å². The smallest absolute Gasteiger partial charge is 0.267 e. The van der Waals surface area contributed by atoms with Gasteiger partial charge in [0.2, 0.25) is 0 Å². The maximum Gasteiger partial charge on any atom is 0.267 e. The number of hydrogen-bond acceptors (Lipinski definition) is 3. The predicted octanol–water partition coefficient (Wildman–Crippen LogP) is 6.31. The average Bonchev–Trinajstić information content (AvgIpc) is 3.29. The number of hydroxylamine groups is 1. The number of nitrogens with one attached hydrogen (secondary N) is 1. The highest BCUT2D eigenvalue weighted by Gasteiger charge is 2.26. The summed E-state index contributed by atoms with van der Waals surface area (Å²) in [7, 11) is 0. The molecule has 0 unspecified atom stereocenters. The van der Waals surface area contributed by atoms with Crippen LogP contribution in [0.25, 0.3) is 17.1 Å². The molecule has 1 aromatic heterocycles. The summed E-state index contributed by atoms with van der Waals surface area (Å²) >= 11 is 0. The van der Waals surface area contributed by atoms with Crippen LogP contribution in [0.15, 0.2) is 84.9 Å². The van der Waals surface area contributed by atoms with Crippen molar-refractivity contribution in [2.45, 2.75) is 51.0 Å². The molecule has 0 radical (unpaired) electrons. The number of hydrogen-bond donors (Lipinski definition) is 2. The Morgan fingerprint density at radius 2 is 1.61 bits per heavy atom. The van der Waals surface area contributed by atoms with E-state index in [1.54, 1.807) is 11.6 Å². The van der Waals surface area contributed by atoms with Crippen molar-refractivity contribution in [3.05, 3.63) is 107 Å².